The zero-order chi connectivity index (χ0) is 10.4. The minimum atomic E-state index is 0.0657. The van der Waals surface area contributed by atoms with Crippen molar-refractivity contribution in [3.8, 4) is 0 Å². The summed E-state index contributed by atoms with van der Waals surface area (Å²) in [6.45, 7) is 0.181. The topological polar surface area (TPSA) is 49.3 Å². The van der Waals surface area contributed by atoms with Crippen LogP contribution >= 0.6 is 11.6 Å². The second kappa shape index (κ2) is 6.25. The first-order chi connectivity index (χ1) is 6.77. The fraction of sp³-hybridized carbons (Fsp3) is 0.900. The third-order valence-corrected chi connectivity index (χ3v) is 3.04. The van der Waals surface area contributed by atoms with Crippen LogP contribution in [0.5, 0.6) is 0 Å². The predicted molar refractivity (Wildman–Crippen MR) is 56.3 cm³/mol. The van der Waals surface area contributed by atoms with Crippen molar-refractivity contribution in [1.29, 1.82) is 0 Å². The maximum Gasteiger partial charge on any atom is 0.220 e. The first-order valence-electron chi connectivity index (χ1n) is 5.24. The number of hydrogen-bond acceptors (Lipinski definition) is 2. The van der Waals surface area contributed by atoms with Crippen LogP contribution in [0.1, 0.15) is 32.1 Å². The Morgan fingerprint density at radius 1 is 1.50 bits per heavy atom. The largest absolute Gasteiger partial charge is 0.396 e. The Morgan fingerprint density at radius 3 is 2.93 bits per heavy atom. The Labute approximate surface area is 89.8 Å². The lowest BCUT2D eigenvalue weighted by atomic mass is 10.1. The summed E-state index contributed by atoms with van der Waals surface area (Å²) in [5.41, 5.74) is 0. The van der Waals surface area contributed by atoms with Gasteiger partial charge in [0, 0.05) is 30.9 Å². The molecule has 0 aromatic carbocycles. The van der Waals surface area contributed by atoms with Gasteiger partial charge in [0.1, 0.15) is 0 Å². The molecule has 0 bridgehead atoms. The molecule has 0 radical (unpaired) electrons. The first-order valence-corrected chi connectivity index (χ1v) is 5.77. The standard InChI is InChI=1S/C10H18ClNO2/c11-6-2-5-10(14)12-9-4-1-3-8(9)7-13/h8-9,13H,1-7H2,(H,12,14). The molecule has 14 heavy (non-hydrogen) atoms. The van der Waals surface area contributed by atoms with Crippen LogP contribution in [0.4, 0.5) is 0 Å². The Morgan fingerprint density at radius 2 is 2.29 bits per heavy atom. The smallest absolute Gasteiger partial charge is 0.220 e. The van der Waals surface area contributed by atoms with Crippen LogP contribution in [-0.2, 0) is 4.79 Å². The molecule has 1 fully saturated rings. The van der Waals surface area contributed by atoms with Gasteiger partial charge in [-0.05, 0) is 19.3 Å². The zero-order valence-electron chi connectivity index (χ0n) is 8.34. The Kier molecular flexibility index (Phi) is 5.26. The number of amides is 1. The van der Waals surface area contributed by atoms with Gasteiger partial charge in [0.15, 0.2) is 0 Å². The second-order valence-electron chi connectivity index (χ2n) is 3.84. The number of aliphatic hydroxyl groups excluding tert-OH is 1. The van der Waals surface area contributed by atoms with Gasteiger partial charge in [-0.15, -0.1) is 11.6 Å². The van der Waals surface area contributed by atoms with E-state index in [-0.39, 0.29) is 24.5 Å². The van der Waals surface area contributed by atoms with E-state index < -0.39 is 0 Å². The molecule has 1 amide bonds. The number of carbonyl (C=O) groups is 1. The highest BCUT2D eigenvalue weighted by atomic mass is 35.5. The number of halogens is 1. The third-order valence-electron chi connectivity index (χ3n) is 2.78. The molecule has 3 nitrogen and oxygen atoms in total. The summed E-state index contributed by atoms with van der Waals surface area (Å²) >= 11 is 5.50. The molecule has 0 heterocycles. The summed E-state index contributed by atoms with van der Waals surface area (Å²) in [5.74, 6) is 0.854. The predicted octanol–water partition coefficient (Wildman–Crippen LogP) is 1.28. The summed E-state index contributed by atoms with van der Waals surface area (Å²) in [6, 6.07) is 0.183. The van der Waals surface area contributed by atoms with Crippen molar-refractivity contribution in [1.82, 2.24) is 5.32 Å². The lowest BCUT2D eigenvalue weighted by Gasteiger charge is -2.18. The molecule has 0 aliphatic heterocycles. The van der Waals surface area contributed by atoms with Gasteiger partial charge in [-0.2, -0.15) is 0 Å². The third kappa shape index (κ3) is 3.46. The van der Waals surface area contributed by atoms with E-state index in [2.05, 4.69) is 5.32 Å². The molecule has 0 aromatic rings. The van der Waals surface area contributed by atoms with Gasteiger partial charge >= 0.3 is 0 Å². The van der Waals surface area contributed by atoms with Crippen LogP contribution in [0.15, 0.2) is 0 Å². The van der Waals surface area contributed by atoms with Crippen LogP contribution in [0.3, 0.4) is 0 Å². The van der Waals surface area contributed by atoms with Crippen molar-refractivity contribution >= 4 is 17.5 Å². The molecule has 2 N–H and O–H groups in total. The van der Waals surface area contributed by atoms with Crippen molar-refractivity contribution in [2.45, 2.75) is 38.1 Å². The average molecular weight is 220 g/mol. The molecule has 2 unspecified atom stereocenters. The molecular weight excluding hydrogens is 202 g/mol. The molecule has 0 spiro atoms. The monoisotopic (exact) mass is 219 g/mol. The Hall–Kier alpha value is -0.280. The first kappa shape index (κ1) is 11.8. The summed E-state index contributed by atoms with van der Waals surface area (Å²) in [5, 5.41) is 12.0. The number of aliphatic hydroxyl groups is 1. The highest BCUT2D eigenvalue weighted by Crippen LogP contribution is 2.25. The number of alkyl halides is 1. The quantitative estimate of drug-likeness (QED) is 0.685. The van der Waals surface area contributed by atoms with Gasteiger partial charge < -0.3 is 10.4 Å². The maximum absolute atomic E-state index is 11.4. The molecule has 0 saturated heterocycles. The fourth-order valence-corrected chi connectivity index (χ4v) is 2.09. The lowest BCUT2D eigenvalue weighted by Crippen LogP contribution is -2.38. The normalized spacial score (nSPS) is 26.4. The van der Waals surface area contributed by atoms with Crippen LogP contribution < -0.4 is 5.32 Å². The van der Waals surface area contributed by atoms with Gasteiger partial charge in [-0.1, -0.05) is 6.42 Å². The summed E-state index contributed by atoms with van der Waals surface area (Å²) in [7, 11) is 0. The van der Waals surface area contributed by atoms with Crippen LogP contribution in [0.2, 0.25) is 0 Å². The van der Waals surface area contributed by atoms with Crippen LogP contribution in [0, 0.1) is 5.92 Å². The van der Waals surface area contributed by atoms with E-state index >= 15 is 0 Å². The zero-order valence-corrected chi connectivity index (χ0v) is 9.09. The molecule has 1 aliphatic rings. The van der Waals surface area contributed by atoms with Gasteiger partial charge in [0.05, 0.1) is 0 Å². The van der Waals surface area contributed by atoms with Gasteiger partial charge in [0.25, 0.3) is 0 Å². The van der Waals surface area contributed by atoms with Crippen molar-refractivity contribution in [3.63, 3.8) is 0 Å². The highest BCUT2D eigenvalue weighted by Gasteiger charge is 2.27. The van der Waals surface area contributed by atoms with E-state index in [0.29, 0.717) is 12.3 Å². The van der Waals surface area contributed by atoms with E-state index in [1.807, 2.05) is 0 Å². The summed E-state index contributed by atoms with van der Waals surface area (Å²) < 4.78 is 0. The van der Waals surface area contributed by atoms with Gasteiger partial charge in [0.2, 0.25) is 5.91 Å². The van der Waals surface area contributed by atoms with Crippen molar-refractivity contribution in [3.05, 3.63) is 0 Å². The Balaban J connectivity index is 2.25. The molecule has 2 atom stereocenters. The van der Waals surface area contributed by atoms with E-state index in [9.17, 15) is 4.79 Å². The number of nitrogens with one attached hydrogen (secondary N) is 1. The highest BCUT2D eigenvalue weighted by molar-refractivity contribution is 6.17. The molecule has 1 rings (SSSR count). The van der Waals surface area contributed by atoms with E-state index in [4.69, 9.17) is 16.7 Å². The van der Waals surface area contributed by atoms with Crippen molar-refractivity contribution in [2.75, 3.05) is 12.5 Å². The molecule has 1 aliphatic carbocycles. The van der Waals surface area contributed by atoms with Crippen molar-refractivity contribution < 1.29 is 9.90 Å². The summed E-state index contributed by atoms with van der Waals surface area (Å²) in [6.07, 6.45) is 4.35. The van der Waals surface area contributed by atoms with E-state index in [0.717, 1.165) is 25.7 Å². The minimum Gasteiger partial charge on any atom is -0.396 e. The minimum absolute atomic E-state index is 0.0657. The van der Waals surface area contributed by atoms with Gasteiger partial charge in [-0.25, -0.2) is 0 Å². The van der Waals surface area contributed by atoms with E-state index in [1.54, 1.807) is 0 Å². The lowest BCUT2D eigenvalue weighted by molar-refractivity contribution is -0.122. The second-order valence-corrected chi connectivity index (χ2v) is 4.22. The maximum atomic E-state index is 11.4. The van der Waals surface area contributed by atoms with Crippen molar-refractivity contribution in [2.24, 2.45) is 5.92 Å². The number of carbonyl (C=O) groups excluding carboxylic acids is 1. The fourth-order valence-electron chi connectivity index (χ4n) is 1.95. The van der Waals surface area contributed by atoms with Crippen LogP contribution in [0.25, 0.3) is 0 Å². The molecular formula is C10H18ClNO2. The van der Waals surface area contributed by atoms with E-state index in [1.165, 1.54) is 0 Å². The number of hydrogen-bond donors (Lipinski definition) is 2. The molecule has 82 valence electrons. The molecule has 4 heteroatoms. The van der Waals surface area contributed by atoms with Crippen LogP contribution in [-0.4, -0.2) is 29.5 Å². The van der Waals surface area contributed by atoms with Gasteiger partial charge in [-0.3, -0.25) is 4.79 Å². The number of rotatable bonds is 5. The SMILES string of the molecule is O=C(CCCCl)NC1CCCC1CO. The Bertz CT molecular complexity index is 187. The summed E-state index contributed by atoms with van der Waals surface area (Å²) in [4.78, 5) is 11.4. The molecule has 0 aromatic heterocycles. The average Bonchev–Trinajstić information content (AvgIpc) is 2.62. The molecule has 1 saturated carbocycles.